The van der Waals surface area contributed by atoms with Crippen molar-refractivity contribution in [2.24, 2.45) is 0 Å². The summed E-state index contributed by atoms with van der Waals surface area (Å²) in [6, 6.07) is 9.76. The number of fused-ring (bicyclic) bond motifs is 1. The van der Waals surface area contributed by atoms with Crippen molar-refractivity contribution >= 4 is 23.5 Å². The van der Waals surface area contributed by atoms with Crippen LogP contribution in [0.4, 0.5) is 0 Å². The molecule has 0 radical (unpaired) electrons. The third kappa shape index (κ3) is 2.36. The predicted molar refractivity (Wildman–Crippen MR) is 85.0 cm³/mol. The average molecular weight is 299 g/mol. The summed E-state index contributed by atoms with van der Waals surface area (Å²) in [5, 5.41) is 0.627. The van der Waals surface area contributed by atoms with E-state index < -0.39 is 0 Å². The van der Waals surface area contributed by atoms with Gasteiger partial charge >= 0.3 is 0 Å². The fourth-order valence-electron chi connectivity index (χ4n) is 2.48. The highest BCUT2D eigenvalue weighted by Gasteiger charge is 2.30. The zero-order valence-corrected chi connectivity index (χ0v) is 12.9. The van der Waals surface area contributed by atoms with Gasteiger partial charge in [-0.3, -0.25) is 4.79 Å². The van der Waals surface area contributed by atoms with Crippen LogP contribution in [-0.4, -0.2) is 5.78 Å². The van der Waals surface area contributed by atoms with E-state index >= 15 is 0 Å². The molecule has 0 spiro atoms. The van der Waals surface area contributed by atoms with Crippen molar-refractivity contribution in [1.82, 2.24) is 0 Å². The van der Waals surface area contributed by atoms with Crippen LogP contribution in [0.3, 0.4) is 0 Å². The summed E-state index contributed by atoms with van der Waals surface area (Å²) in [5.41, 5.74) is 4.39. The standard InChI is InChI=1S/C18H15ClO2/c1-10-4-6-13(7-5-10)9-15-18(20)16-12(3)17(19)11(2)8-14(16)21-15/h4-9H,1-3H3/b15-9-. The molecule has 1 heterocycles. The predicted octanol–water partition coefficient (Wildman–Crippen LogP) is 4.88. The number of benzene rings is 2. The molecule has 0 saturated carbocycles. The number of hydrogen-bond donors (Lipinski definition) is 0. The van der Waals surface area contributed by atoms with E-state index in [1.165, 1.54) is 5.56 Å². The van der Waals surface area contributed by atoms with Gasteiger partial charge in [-0.1, -0.05) is 41.4 Å². The third-order valence-electron chi connectivity index (χ3n) is 3.69. The lowest BCUT2D eigenvalue weighted by Gasteiger charge is -2.05. The van der Waals surface area contributed by atoms with E-state index in [9.17, 15) is 4.79 Å². The Kier molecular flexibility index (Phi) is 3.34. The van der Waals surface area contributed by atoms with Crippen LogP contribution >= 0.6 is 11.6 Å². The molecular formula is C18H15ClO2. The lowest BCUT2D eigenvalue weighted by Crippen LogP contribution is -2.00. The minimum atomic E-state index is -0.107. The van der Waals surface area contributed by atoms with Crippen molar-refractivity contribution in [3.8, 4) is 5.75 Å². The Bertz CT molecular complexity index is 771. The zero-order chi connectivity index (χ0) is 15.1. The quantitative estimate of drug-likeness (QED) is 0.701. The maximum absolute atomic E-state index is 12.5. The fourth-order valence-corrected chi connectivity index (χ4v) is 2.63. The van der Waals surface area contributed by atoms with Gasteiger partial charge in [-0.05, 0) is 49.6 Å². The molecule has 2 aromatic carbocycles. The molecule has 106 valence electrons. The van der Waals surface area contributed by atoms with Gasteiger partial charge in [-0.15, -0.1) is 0 Å². The van der Waals surface area contributed by atoms with E-state index in [2.05, 4.69) is 0 Å². The molecule has 3 heteroatoms. The highest BCUT2D eigenvalue weighted by molar-refractivity contribution is 6.33. The van der Waals surface area contributed by atoms with Crippen molar-refractivity contribution in [2.75, 3.05) is 0 Å². The molecule has 0 N–H and O–H groups in total. The molecule has 0 atom stereocenters. The number of hydrogen-bond acceptors (Lipinski definition) is 2. The number of halogens is 1. The molecule has 0 fully saturated rings. The first kappa shape index (κ1) is 13.9. The first-order chi connectivity index (χ1) is 9.97. The Hall–Kier alpha value is -2.06. The van der Waals surface area contributed by atoms with Crippen LogP contribution in [0.25, 0.3) is 6.08 Å². The zero-order valence-electron chi connectivity index (χ0n) is 12.2. The Morgan fingerprint density at radius 3 is 2.43 bits per heavy atom. The van der Waals surface area contributed by atoms with Crippen LogP contribution in [0.1, 0.15) is 32.6 Å². The fraction of sp³-hybridized carbons (Fsp3) is 0.167. The number of allylic oxidation sites excluding steroid dienone is 1. The Labute approximate surface area is 129 Å². The number of ether oxygens (including phenoxy) is 1. The molecule has 0 unspecified atom stereocenters. The second-order valence-corrected chi connectivity index (χ2v) is 5.73. The molecule has 21 heavy (non-hydrogen) atoms. The summed E-state index contributed by atoms with van der Waals surface area (Å²) in [4.78, 5) is 12.5. The number of ketones is 1. The van der Waals surface area contributed by atoms with E-state index in [-0.39, 0.29) is 5.78 Å². The maximum atomic E-state index is 12.5. The van der Waals surface area contributed by atoms with Crippen molar-refractivity contribution in [2.45, 2.75) is 20.8 Å². The minimum absolute atomic E-state index is 0.107. The van der Waals surface area contributed by atoms with Gasteiger partial charge in [0.15, 0.2) is 5.76 Å². The van der Waals surface area contributed by atoms with Crippen molar-refractivity contribution in [1.29, 1.82) is 0 Å². The first-order valence-electron chi connectivity index (χ1n) is 6.78. The van der Waals surface area contributed by atoms with E-state index in [0.29, 0.717) is 22.1 Å². The molecule has 0 aliphatic carbocycles. The van der Waals surface area contributed by atoms with Crippen molar-refractivity contribution in [3.63, 3.8) is 0 Å². The van der Waals surface area contributed by atoms with Crippen LogP contribution in [0.2, 0.25) is 5.02 Å². The van der Waals surface area contributed by atoms with Crippen LogP contribution in [0.15, 0.2) is 36.1 Å². The molecule has 0 saturated heterocycles. The minimum Gasteiger partial charge on any atom is -0.452 e. The van der Waals surface area contributed by atoms with E-state index in [0.717, 1.165) is 16.7 Å². The molecule has 0 amide bonds. The molecule has 2 aromatic rings. The average Bonchev–Trinajstić information content (AvgIpc) is 2.75. The molecule has 0 bridgehead atoms. The highest BCUT2D eigenvalue weighted by Crippen LogP contribution is 2.39. The summed E-state index contributed by atoms with van der Waals surface area (Å²) >= 11 is 6.22. The molecule has 1 aliphatic heterocycles. The summed E-state index contributed by atoms with van der Waals surface area (Å²) in [7, 11) is 0. The van der Waals surface area contributed by atoms with Crippen LogP contribution < -0.4 is 4.74 Å². The van der Waals surface area contributed by atoms with E-state index in [1.807, 2.05) is 51.1 Å². The number of carbonyl (C=O) groups excluding carboxylic acids is 1. The van der Waals surface area contributed by atoms with Crippen LogP contribution in [-0.2, 0) is 0 Å². The van der Waals surface area contributed by atoms with Gasteiger partial charge in [0.25, 0.3) is 0 Å². The number of rotatable bonds is 1. The molecule has 0 aromatic heterocycles. The Morgan fingerprint density at radius 2 is 1.76 bits per heavy atom. The van der Waals surface area contributed by atoms with Gasteiger partial charge in [-0.25, -0.2) is 0 Å². The summed E-state index contributed by atoms with van der Waals surface area (Å²) in [6.07, 6.45) is 1.77. The topological polar surface area (TPSA) is 26.3 Å². The van der Waals surface area contributed by atoms with Crippen molar-refractivity contribution < 1.29 is 9.53 Å². The van der Waals surface area contributed by atoms with Crippen molar-refractivity contribution in [3.05, 3.63) is 68.9 Å². The lowest BCUT2D eigenvalue weighted by molar-refractivity contribution is 0.101. The van der Waals surface area contributed by atoms with Gasteiger partial charge in [-0.2, -0.15) is 0 Å². The highest BCUT2D eigenvalue weighted by atomic mass is 35.5. The number of aryl methyl sites for hydroxylation is 2. The monoisotopic (exact) mass is 298 g/mol. The van der Waals surface area contributed by atoms with Crippen LogP contribution in [0.5, 0.6) is 5.75 Å². The Balaban J connectivity index is 2.04. The molecule has 1 aliphatic rings. The lowest BCUT2D eigenvalue weighted by atomic mass is 10.0. The number of Topliss-reactive ketones (excluding diaryl/α,β-unsaturated/α-hetero) is 1. The summed E-state index contributed by atoms with van der Waals surface area (Å²) in [6.45, 7) is 5.79. The summed E-state index contributed by atoms with van der Waals surface area (Å²) < 4.78 is 5.72. The van der Waals surface area contributed by atoms with Gasteiger partial charge < -0.3 is 4.74 Å². The van der Waals surface area contributed by atoms with E-state index in [1.54, 1.807) is 6.08 Å². The maximum Gasteiger partial charge on any atom is 0.232 e. The largest absolute Gasteiger partial charge is 0.452 e. The summed E-state index contributed by atoms with van der Waals surface area (Å²) in [5.74, 6) is 0.835. The normalized spacial score (nSPS) is 15.2. The van der Waals surface area contributed by atoms with E-state index in [4.69, 9.17) is 16.3 Å². The SMILES string of the molecule is Cc1ccc(/C=C2\Oc3cc(C)c(Cl)c(C)c3C2=O)cc1. The first-order valence-corrected chi connectivity index (χ1v) is 7.16. The van der Waals surface area contributed by atoms with Gasteiger partial charge in [0, 0.05) is 5.02 Å². The van der Waals surface area contributed by atoms with Gasteiger partial charge in [0.1, 0.15) is 5.75 Å². The van der Waals surface area contributed by atoms with Gasteiger partial charge in [0.05, 0.1) is 5.56 Å². The number of carbonyl (C=O) groups is 1. The molecular weight excluding hydrogens is 284 g/mol. The second-order valence-electron chi connectivity index (χ2n) is 5.36. The molecule has 2 nitrogen and oxygen atoms in total. The van der Waals surface area contributed by atoms with Crippen LogP contribution in [0, 0.1) is 20.8 Å². The third-order valence-corrected chi connectivity index (χ3v) is 4.27. The van der Waals surface area contributed by atoms with Gasteiger partial charge in [0.2, 0.25) is 5.78 Å². The molecule has 3 rings (SSSR count). The smallest absolute Gasteiger partial charge is 0.232 e. The second kappa shape index (κ2) is 5.05. The Morgan fingerprint density at radius 1 is 1.10 bits per heavy atom.